The number of aryl methyl sites for hydroxylation is 1. The third-order valence-electron chi connectivity index (χ3n) is 3.68. The van der Waals surface area contributed by atoms with Gasteiger partial charge in [0, 0.05) is 19.6 Å². The number of carbonyl (C=O) groups excluding carboxylic acids is 1. The molecule has 1 unspecified atom stereocenters. The van der Waals surface area contributed by atoms with Crippen LogP contribution in [0.2, 0.25) is 0 Å². The minimum atomic E-state index is -0.278. The molecule has 0 spiro atoms. The molecule has 21 heavy (non-hydrogen) atoms. The largest absolute Gasteiger partial charge is 0.328 e. The molecule has 1 aromatic carbocycles. The van der Waals surface area contributed by atoms with E-state index in [1.54, 1.807) is 11.6 Å². The fraction of sp³-hybridized carbons (Fsp3) is 0.333. The Labute approximate surface area is 126 Å². The van der Waals surface area contributed by atoms with E-state index in [2.05, 4.69) is 10.3 Å². The van der Waals surface area contributed by atoms with Gasteiger partial charge >= 0.3 is 0 Å². The number of nitrogens with zero attached hydrogens (tertiary/aromatic N) is 2. The van der Waals surface area contributed by atoms with Crippen LogP contribution in [0.15, 0.2) is 29.8 Å². The van der Waals surface area contributed by atoms with Crippen LogP contribution in [0.5, 0.6) is 0 Å². The Bertz CT molecular complexity index is 658. The van der Waals surface area contributed by atoms with Gasteiger partial charge < -0.3 is 10.2 Å². The average molecular weight is 305 g/mol. The molecule has 1 N–H and O–H groups in total. The number of thiazole rings is 1. The van der Waals surface area contributed by atoms with Gasteiger partial charge in [0.2, 0.25) is 0 Å². The Hall–Kier alpha value is -1.79. The summed E-state index contributed by atoms with van der Waals surface area (Å²) in [4.78, 5) is 19.3. The van der Waals surface area contributed by atoms with Gasteiger partial charge in [-0.05, 0) is 24.6 Å². The minimum Gasteiger partial charge on any atom is -0.328 e. The highest BCUT2D eigenvalue weighted by Gasteiger charge is 2.30. The van der Waals surface area contributed by atoms with Crippen LogP contribution in [0.3, 0.4) is 0 Å². The lowest BCUT2D eigenvalue weighted by Crippen LogP contribution is -2.48. The van der Waals surface area contributed by atoms with Crippen molar-refractivity contribution in [1.29, 1.82) is 0 Å². The van der Waals surface area contributed by atoms with Crippen molar-refractivity contribution < 1.29 is 9.18 Å². The molecule has 1 aliphatic rings. The zero-order valence-corrected chi connectivity index (χ0v) is 12.5. The normalized spacial score (nSPS) is 18.8. The van der Waals surface area contributed by atoms with E-state index in [4.69, 9.17) is 0 Å². The number of hydrogen-bond donors (Lipinski definition) is 1. The Morgan fingerprint density at radius 1 is 1.52 bits per heavy atom. The Morgan fingerprint density at radius 3 is 3.10 bits per heavy atom. The lowest BCUT2D eigenvalue weighted by atomic mass is 10.0. The summed E-state index contributed by atoms with van der Waals surface area (Å²) < 4.78 is 13.5. The van der Waals surface area contributed by atoms with Gasteiger partial charge in [-0.1, -0.05) is 12.1 Å². The number of halogens is 1. The van der Waals surface area contributed by atoms with E-state index in [0.29, 0.717) is 18.0 Å². The van der Waals surface area contributed by atoms with Crippen LogP contribution in [-0.4, -0.2) is 35.4 Å². The molecule has 4 nitrogen and oxygen atoms in total. The second kappa shape index (κ2) is 5.91. The van der Waals surface area contributed by atoms with Crippen molar-refractivity contribution in [3.63, 3.8) is 0 Å². The van der Waals surface area contributed by atoms with Crippen molar-refractivity contribution in [3.8, 4) is 0 Å². The summed E-state index contributed by atoms with van der Waals surface area (Å²) in [5.74, 6) is -0.301. The Balaban J connectivity index is 1.92. The van der Waals surface area contributed by atoms with Gasteiger partial charge in [0.15, 0.2) is 0 Å². The zero-order valence-electron chi connectivity index (χ0n) is 11.7. The number of rotatable bonds is 2. The fourth-order valence-corrected chi connectivity index (χ4v) is 3.35. The predicted octanol–water partition coefficient (Wildman–Crippen LogP) is 2.38. The van der Waals surface area contributed by atoms with Gasteiger partial charge in [0.05, 0.1) is 17.2 Å². The molecule has 1 saturated heterocycles. The van der Waals surface area contributed by atoms with Gasteiger partial charge in [-0.3, -0.25) is 4.79 Å². The molecule has 1 atom stereocenters. The first-order valence-electron chi connectivity index (χ1n) is 6.84. The van der Waals surface area contributed by atoms with Gasteiger partial charge in [0.25, 0.3) is 5.91 Å². The molecular weight excluding hydrogens is 289 g/mol. The first-order valence-corrected chi connectivity index (χ1v) is 7.72. The Kier molecular flexibility index (Phi) is 3.98. The van der Waals surface area contributed by atoms with Crippen LogP contribution in [-0.2, 0) is 0 Å². The number of piperazine rings is 1. The van der Waals surface area contributed by atoms with Crippen molar-refractivity contribution in [3.05, 3.63) is 51.7 Å². The monoisotopic (exact) mass is 305 g/mol. The average Bonchev–Trinajstić information content (AvgIpc) is 2.93. The third kappa shape index (κ3) is 2.82. The van der Waals surface area contributed by atoms with Crippen LogP contribution in [0, 0.1) is 12.7 Å². The van der Waals surface area contributed by atoms with E-state index >= 15 is 0 Å². The number of amides is 1. The van der Waals surface area contributed by atoms with E-state index in [1.807, 2.05) is 17.9 Å². The first-order chi connectivity index (χ1) is 10.2. The number of aromatic nitrogens is 1. The summed E-state index contributed by atoms with van der Waals surface area (Å²) in [6, 6.07) is 6.31. The van der Waals surface area contributed by atoms with Crippen molar-refractivity contribution in [2.45, 2.75) is 13.0 Å². The van der Waals surface area contributed by atoms with E-state index in [9.17, 15) is 9.18 Å². The minimum absolute atomic E-state index is 0.0224. The summed E-state index contributed by atoms with van der Waals surface area (Å²) in [7, 11) is 0. The topological polar surface area (TPSA) is 45.2 Å². The molecule has 2 aromatic rings. The quantitative estimate of drug-likeness (QED) is 0.926. The second-order valence-corrected chi connectivity index (χ2v) is 5.90. The highest BCUT2D eigenvalue weighted by Crippen LogP contribution is 2.26. The van der Waals surface area contributed by atoms with Gasteiger partial charge in [-0.25, -0.2) is 9.37 Å². The molecule has 0 bridgehead atoms. The van der Waals surface area contributed by atoms with Gasteiger partial charge in [0.1, 0.15) is 10.7 Å². The highest BCUT2D eigenvalue weighted by atomic mass is 32.1. The van der Waals surface area contributed by atoms with Crippen LogP contribution >= 0.6 is 11.3 Å². The lowest BCUT2D eigenvalue weighted by Gasteiger charge is -2.36. The van der Waals surface area contributed by atoms with E-state index in [0.717, 1.165) is 17.8 Å². The summed E-state index contributed by atoms with van der Waals surface area (Å²) in [6.45, 7) is 3.82. The fourth-order valence-electron chi connectivity index (χ4n) is 2.60. The zero-order chi connectivity index (χ0) is 14.8. The maximum atomic E-state index is 13.5. The van der Waals surface area contributed by atoms with Gasteiger partial charge in [-0.2, -0.15) is 0 Å². The second-order valence-electron chi connectivity index (χ2n) is 5.04. The molecule has 6 heteroatoms. The molecule has 2 heterocycles. The molecule has 0 aliphatic carbocycles. The first kappa shape index (κ1) is 14.2. The molecule has 1 aliphatic heterocycles. The molecule has 0 saturated carbocycles. The third-order valence-corrected chi connectivity index (χ3v) is 4.59. The van der Waals surface area contributed by atoms with Gasteiger partial charge in [-0.15, -0.1) is 11.3 Å². The molecule has 1 fully saturated rings. The Morgan fingerprint density at radius 2 is 2.38 bits per heavy atom. The number of carbonyl (C=O) groups is 1. The molecular formula is C15H16FN3OS. The molecule has 3 rings (SSSR count). The number of nitrogens with one attached hydrogen (secondary N) is 1. The highest BCUT2D eigenvalue weighted by molar-refractivity contribution is 7.11. The molecule has 1 aromatic heterocycles. The maximum absolute atomic E-state index is 13.5. The molecule has 1 amide bonds. The number of benzene rings is 1. The van der Waals surface area contributed by atoms with Crippen LogP contribution in [0.4, 0.5) is 4.39 Å². The SMILES string of the molecule is Cc1ncsc1C(=O)N1CCNCC1c1cccc(F)c1. The van der Waals surface area contributed by atoms with Crippen molar-refractivity contribution >= 4 is 17.2 Å². The number of hydrogen-bond acceptors (Lipinski definition) is 4. The standard InChI is InChI=1S/C15H16FN3OS/c1-10-14(21-9-18-10)15(20)19-6-5-17-8-13(19)11-3-2-4-12(16)7-11/h2-4,7,9,13,17H,5-6,8H2,1H3. The van der Waals surface area contributed by atoms with Crippen LogP contribution < -0.4 is 5.32 Å². The predicted molar refractivity (Wildman–Crippen MR) is 79.9 cm³/mol. The van der Waals surface area contributed by atoms with E-state index in [-0.39, 0.29) is 17.8 Å². The van der Waals surface area contributed by atoms with Crippen LogP contribution in [0.25, 0.3) is 0 Å². The summed E-state index contributed by atoms with van der Waals surface area (Å²) in [5.41, 5.74) is 3.25. The van der Waals surface area contributed by atoms with E-state index in [1.165, 1.54) is 23.5 Å². The smallest absolute Gasteiger partial charge is 0.266 e. The van der Waals surface area contributed by atoms with Crippen molar-refractivity contribution in [2.75, 3.05) is 19.6 Å². The van der Waals surface area contributed by atoms with Crippen molar-refractivity contribution in [2.24, 2.45) is 0 Å². The maximum Gasteiger partial charge on any atom is 0.266 e. The summed E-state index contributed by atoms with van der Waals surface area (Å²) in [5, 5.41) is 3.27. The summed E-state index contributed by atoms with van der Waals surface area (Å²) in [6.07, 6.45) is 0. The lowest BCUT2D eigenvalue weighted by molar-refractivity contribution is 0.0638. The van der Waals surface area contributed by atoms with E-state index < -0.39 is 0 Å². The molecule has 110 valence electrons. The van der Waals surface area contributed by atoms with Crippen molar-refractivity contribution in [1.82, 2.24) is 15.2 Å². The summed E-state index contributed by atoms with van der Waals surface area (Å²) >= 11 is 1.35. The van der Waals surface area contributed by atoms with Crippen LogP contribution in [0.1, 0.15) is 27.0 Å². The molecule has 0 radical (unpaired) electrons.